The first-order valence-corrected chi connectivity index (χ1v) is 10.6. The van der Waals surface area contributed by atoms with Crippen molar-refractivity contribution < 1.29 is 14.3 Å². The Morgan fingerprint density at radius 1 is 1.17 bits per heavy atom. The Bertz CT molecular complexity index is 969. The summed E-state index contributed by atoms with van der Waals surface area (Å²) < 4.78 is 13.5. The first-order chi connectivity index (χ1) is 14.4. The van der Waals surface area contributed by atoms with Crippen molar-refractivity contribution in [3.63, 3.8) is 0 Å². The van der Waals surface area contributed by atoms with Crippen molar-refractivity contribution in [3.8, 4) is 0 Å². The summed E-state index contributed by atoms with van der Waals surface area (Å²) in [6.07, 6.45) is 5.95. The molecule has 2 aromatic carbocycles. The van der Waals surface area contributed by atoms with Gasteiger partial charge in [0.05, 0.1) is 17.2 Å². The normalized spacial score (nSPS) is 25.8. The molecule has 4 rings (SSSR count). The van der Waals surface area contributed by atoms with E-state index in [2.05, 4.69) is 10.6 Å². The van der Waals surface area contributed by atoms with E-state index >= 15 is 0 Å². The van der Waals surface area contributed by atoms with Crippen molar-refractivity contribution >= 4 is 34.8 Å². The van der Waals surface area contributed by atoms with Crippen molar-refractivity contribution in [1.29, 1.82) is 0 Å². The minimum absolute atomic E-state index is 0.310. The zero-order valence-corrected chi connectivity index (χ0v) is 17.6. The average molecular weight is 450 g/mol. The Labute approximate surface area is 184 Å². The van der Waals surface area contributed by atoms with Crippen LogP contribution in [0.1, 0.15) is 31.2 Å². The molecule has 0 bridgehead atoms. The summed E-state index contributed by atoms with van der Waals surface area (Å²) in [5.74, 6) is -0.744. The number of benzene rings is 2. The summed E-state index contributed by atoms with van der Waals surface area (Å²) >= 11 is 12.6. The summed E-state index contributed by atoms with van der Waals surface area (Å²) in [7, 11) is 0. The molecule has 1 fully saturated rings. The third kappa shape index (κ3) is 3.75. The number of aliphatic hydroxyl groups is 1. The van der Waals surface area contributed by atoms with Crippen LogP contribution in [0.15, 0.2) is 54.9 Å². The Kier molecular flexibility index (Phi) is 5.91. The monoisotopic (exact) mass is 449 g/mol. The highest BCUT2D eigenvalue weighted by Gasteiger charge is 2.49. The van der Waals surface area contributed by atoms with Crippen LogP contribution in [0.4, 0.5) is 10.1 Å². The number of amides is 1. The minimum atomic E-state index is -1.42. The molecular weight excluding hydrogens is 428 g/mol. The average Bonchev–Trinajstić information content (AvgIpc) is 3.16. The van der Waals surface area contributed by atoms with Crippen molar-refractivity contribution in [2.75, 3.05) is 4.90 Å². The summed E-state index contributed by atoms with van der Waals surface area (Å²) in [5.41, 5.74) is -0.329. The van der Waals surface area contributed by atoms with E-state index in [-0.39, 0.29) is 17.8 Å². The highest BCUT2D eigenvalue weighted by molar-refractivity contribution is 6.35. The van der Waals surface area contributed by atoms with Crippen molar-refractivity contribution in [1.82, 2.24) is 10.6 Å². The van der Waals surface area contributed by atoms with Crippen LogP contribution in [-0.2, 0) is 10.5 Å². The molecule has 1 heterocycles. The van der Waals surface area contributed by atoms with Crippen LogP contribution in [0.2, 0.25) is 10.0 Å². The molecule has 3 atom stereocenters. The SMILES string of the molecule is O=C(N[C@@H]1CCCC[C@H]1O)C1(c2ccc(Cl)cc2Cl)NC=CN1c1ccc(F)cc1. The molecule has 0 radical (unpaired) electrons. The third-order valence-corrected chi connectivity index (χ3v) is 6.23. The molecule has 2 aliphatic rings. The molecule has 0 saturated heterocycles. The van der Waals surface area contributed by atoms with Gasteiger partial charge in [-0.1, -0.05) is 42.1 Å². The van der Waals surface area contributed by atoms with E-state index in [0.717, 1.165) is 12.8 Å². The summed E-state index contributed by atoms with van der Waals surface area (Å²) in [5, 5.41) is 17.3. The van der Waals surface area contributed by atoms with Gasteiger partial charge in [-0.3, -0.25) is 4.79 Å². The van der Waals surface area contributed by atoms with Gasteiger partial charge in [0, 0.05) is 28.7 Å². The van der Waals surface area contributed by atoms with Crippen LogP contribution in [-0.4, -0.2) is 23.2 Å². The van der Waals surface area contributed by atoms with Crippen LogP contribution < -0.4 is 15.5 Å². The smallest absolute Gasteiger partial charge is 0.272 e. The molecule has 1 unspecified atom stereocenters. The second-order valence-electron chi connectivity index (χ2n) is 7.57. The van der Waals surface area contributed by atoms with Gasteiger partial charge in [-0.05, 0) is 49.2 Å². The Morgan fingerprint density at radius 3 is 2.60 bits per heavy atom. The molecule has 1 amide bonds. The first kappa shape index (κ1) is 21.0. The zero-order chi connectivity index (χ0) is 21.3. The van der Waals surface area contributed by atoms with E-state index in [1.807, 2.05) is 0 Å². The van der Waals surface area contributed by atoms with Gasteiger partial charge in [0.1, 0.15) is 5.82 Å². The van der Waals surface area contributed by atoms with Crippen molar-refractivity contribution in [2.45, 2.75) is 43.5 Å². The second kappa shape index (κ2) is 8.46. The number of rotatable bonds is 4. The van der Waals surface area contributed by atoms with Crippen LogP contribution in [0.5, 0.6) is 0 Å². The fourth-order valence-electron chi connectivity index (χ4n) is 4.14. The van der Waals surface area contributed by atoms with Gasteiger partial charge in [-0.15, -0.1) is 0 Å². The minimum Gasteiger partial charge on any atom is -0.391 e. The molecule has 2 aromatic rings. The van der Waals surface area contributed by atoms with Gasteiger partial charge >= 0.3 is 0 Å². The predicted molar refractivity (Wildman–Crippen MR) is 116 cm³/mol. The maximum atomic E-state index is 13.7. The predicted octanol–water partition coefficient (Wildman–Crippen LogP) is 4.29. The highest BCUT2D eigenvalue weighted by Crippen LogP contribution is 2.39. The third-order valence-electron chi connectivity index (χ3n) is 5.68. The van der Waals surface area contributed by atoms with E-state index in [1.165, 1.54) is 12.1 Å². The van der Waals surface area contributed by atoms with E-state index in [4.69, 9.17) is 23.2 Å². The fourth-order valence-corrected chi connectivity index (χ4v) is 4.68. The molecule has 3 N–H and O–H groups in total. The number of carbonyl (C=O) groups is 1. The number of nitrogens with zero attached hydrogens (tertiary/aromatic N) is 1. The molecule has 0 aromatic heterocycles. The van der Waals surface area contributed by atoms with Gasteiger partial charge in [-0.2, -0.15) is 0 Å². The molecule has 0 spiro atoms. The van der Waals surface area contributed by atoms with Crippen LogP contribution in [0.25, 0.3) is 0 Å². The number of hydrogen-bond acceptors (Lipinski definition) is 4. The van der Waals surface area contributed by atoms with E-state index in [1.54, 1.807) is 47.6 Å². The van der Waals surface area contributed by atoms with Crippen molar-refractivity contribution in [2.24, 2.45) is 0 Å². The zero-order valence-electron chi connectivity index (χ0n) is 16.1. The fraction of sp³-hybridized carbons (Fsp3) is 0.318. The Hall–Kier alpha value is -2.28. The van der Waals surface area contributed by atoms with Gasteiger partial charge in [0.15, 0.2) is 0 Å². The summed E-state index contributed by atoms with van der Waals surface area (Å²) in [6.45, 7) is 0. The summed E-state index contributed by atoms with van der Waals surface area (Å²) in [6, 6.07) is 10.4. The molecular formula is C22H22Cl2FN3O2. The highest BCUT2D eigenvalue weighted by atomic mass is 35.5. The molecule has 1 aliphatic carbocycles. The maximum Gasteiger partial charge on any atom is 0.272 e. The second-order valence-corrected chi connectivity index (χ2v) is 8.42. The van der Waals surface area contributed by atoms with Gasteiger partial charge in [0.2, 0.25) is 5.66 Å². The van der Waals surface area contributed by atoms with E-state index in [0.29, 0.717) is 34.1 Å². The molecule has 30 heavy (non-hydrogen) atoms. The topological polar surface area (TPSA) is 64.6 Å². The van der Waals surface area contributed by atoms with Crippen LogP contribution in [0.3, 0.4) is 0 Å². The number of anilines is 1. The molecule has 1 saturated carbocycles. The standard InChI is InChI=1S/C22H22Cl2FN3O2/c23-14-5-10-17(18(24)13-14)22(21(30)27-19-3-1-2-4-20(19)29)26-11-12-28(22)16-8-6-15(25)7-9-16/h5-13,19-20,26,29H,1-4H2,(H,27,30)/t19-,20-,22?/m1/s1. The number of aliphatic hydroxyl groups excluding tert-OH is 1. The molecule has 5 nitrogen and oxygen atoms in total. The van der Waals surface area contributed by atoms with Crippen LogP contribution >= 0.6 is 23.2 Å². The van der Waals surface area contributed by atoms with E-state index < -0.39 is 11.8 Å². The lowest BCUT2D eigenvalue weighted by Crippen LogP contribution is -2.62. The lowest BCUT2D eigenvalue weighted by molar-refractivity contribution is -0.129. The number of halogens is 3. The maximum absolute atomic E-state index is 13.7. The quantitative estimate of drug-likeness (QED) is 0.651. The van der Waals surface area contributed by atoms with Gasteiger partial charge in [0.25, 0.3) is 5.91 Å². The lowest BCUT2D eigenvalue weighted by Gasteiger charge is -2.41. The largest absolute Gasteiger partial charge is 0.391 e. The summed E-state index contributed by atoms with van der Waals surface area (Å²) in [4.78, 5) is 15.4. The lowest BCUT2D eigenvalue weighted by atomic mass is 9.90. The van der Waals surface area contributed by atoms with Gasteiger partial charge in [-0.25, -0.2) is 4.39 Å². The molecule has 8 heteroatoms. The number of hydrogen-bond donors (Lipinski definition) is 3. The Balaban J connectivity index is 1.78. The van der Waals surface area contributed by atoms with E-state index in [9.17, 15) is 14.3 Å². The molecule has 158 valence electrons. The molecule has 1 aliphatic heterocycles. The van der Waals surface area contributed by atoms with Crippen LogP contribution in [0, 0.1) is 5.82 Å². The first-order valence-electron chi connectivity index (χ1n) is 9.85. The Morgan fingerprint density at radius 2 is 1.90 bits per heavy atom. The van der Waals surface area contributed by atoms with Gasteiger partial charge < -0.3 is 20.6 Å². The van der Waals surface area contributed by atoms with Crippen molar-refractivity contribution in [3.05, 3.63) is 76.3 Å². The number of carbonyl (C=O) groups excluding carboxylic acids is 1. The number of nitrogens with one attached hydrogen (secondary N) is 2.